The number of carbonyl (C=O) groups is 1. The molecule has 1 aliphatic carbocycles. The Morgan fingerprint density at radius 2 is 1.79 bits per heavy atom. The van der Waals surface area contributed by atoms with Crippen molar-refractivity contribution in [2.24, 2.45) is 0 Å². The van der Waals surface area contributed by atoms with Crippen LogP contribution in [0.2, 0.25) is 0 Å². The summed E-state index contributed by atoms with van der Waals surface area (Å²) in [5.41, 5.74) is -1.19. The zero-order chi connectivity index (χ0) is 14.7. The predicted molar refractivity (Wildman–Crippen MR) is 59.6 cm³/mol. The fourth-order valence-corrected chi connectivity index (χ4v) is 3.43. The topological polar surface area (TPSA) is 95.5 Å². The van der Waals surface area contributed by atoms with E-state index in [9.17, 15) is 26.4 Å². The number of rotatable bonds is 6. The lowest BCUT2D eigenvalue weighted by atomic mass is 9.95. The zero-order valence-corrected chi connectivity index (χ0v) is 10.8. The van der Waals surface area contributed by atoms with Crippen molar-refractivity contribution >= 4 is 16.2 Å². The summed E-state index contributed by atoms with van der Waals surface area (Å²) in [6.45, 7) is -1.69. The van der Waals surface area contributed by atoms with Gasteiger partial charge in [0, 0.05) is 5.54 Å². The highest BCUT2D eigenvalue weighted by molar-refractivity contribution is 7.87. The van der Waals surface area contributed by atoms with Gasteiger partial charge in [-0.15, -0.1) is 0 Å². The van der Waals surface area contributed by atoms with E-state index >= 15 is 0 Å². The molecule has 0 atom stereocenters. The summed E-state index contributed by atoms with van der Waals surface area (Å²) in [6.07, 6.45) is -3.24. The van der Waals surface area contributed by atoms with E-state index in [-0.39, 0.29) is 0 Å². The molecule has 0 radical (unpaired) electrons. The molecule has 0 saturated heterocycles. The minimum absolute atomic E-state index is 0.298. The molecule has 0 aliphatic heterocycles. The number of halogens is 3. The number of carboxylic acids is 1. The first kappa shape index (κ1) is 16.2. The second-order valence-electron chi connectivity index (χ2n) is 4.60. The van der Waals surface area contributed by atoms with Crippen LogP contribution in [-0.4, -0.2) is 37.8 Å². The van der Waals surface area contributed by atoms with Gasteiger partial charge in [0.2, 0.25) is 0 Å². The molecule has 1 rings (SSSR count). The zero-order valence-electron chi connectivity index (χ0n) is 9.96. The van der Waals surface area contributed by atoms with Crippen LogP contribution in [0.4, 0.5) is 13.2 Å². The van der Waals surface area contributed by atoms with Gasteiger partial charge in [-0.25, -0.2) is 0 Å². The van der Waals surface area contributed by atoms with Crippen molar-refractivity contribution in [3.05, 3.63) is 0 Å². The lowest BCUT2D eigenvalue weighted by Gasteiger charge is -2.28. The van der Waals surface area contributed by atoms with Gasteiger partial charge in [0.05, 0.1) is 6.42 Å². The average Bonchev–Trinajstić information content (AvgIpc) is 2.60. The second kappa shape index (κ2) is 5.63. The van der Waals surface area contributed by atoms with Gasteiger partial charge in [0.25, 0.3) is 10.2 Å². The van der Waals surface area contributed by atoms with Crippen molar-refractivity contribution < 1.29 is 31.5 Å². The number of nitrogens with one attached hydrogen (secondary N) is 2. The maximum atomic E-state index is 12.0. The van der Waals surface area contributed by atoms with Crippen LogP contribution in [-0.2, 0) is 15.0 Å². The molecule has 1 fully saturated rings. The van der Waals surface area contributed by atoms with Crippen molar-refractivity contribution in [3.63, 3.8) is 0 Å². The highest BCUT2D eigenvalue weighted by Crippen LogP contribution is 2.33. The molecule has 19 heavy (non-hydrogen) atoms. The lowest BCUT2D eigenvalue weighted by Crippen LogP contribution is -2.53. The second-order valence-corrected chi connectivity index (χ2v) is 6.10. The molecule has 0 unspecified atom stereocenters. The minimum Gasteiger partial charge on any atom is -0.481 e. The van der Waals surface area contributed by atoms with E-state index in [1.54, 1.807) is 0 Å². The maximum Gasteiger partial charge on any atom is 0.402 e. The Kier molecular flexibility index (Phi) is 4.80. The van der Waals surface area contributed by atoms with Crippen LogP contribution in [0.3, 0.4) is 0 Å². The standard InChI is InChI=1S/C9H15F3N2O4S/c10-9(11,12)6-13-19(17,18)14-8(5-7(15)16)3-1-2-4-8/h13-14H,1-6H2,(H,15,16). The van der Waals surface area contributed by atoms with Gasteiger partial charge in [-0.2, -0.15) is 31.0 Å². The fraction of sp³-hybridized carbons (Fsp3) is 0.889. The molecule has 0 amide bonds. The summed E-state index contributed by atoms with van der Waals surface area (Å²) < 4.78 is 62.3. The van der Waals surface area contributed by atoms with E-state index in [0.717, 1.165) is 0 Å². The molecule has 1 aliphatic rings. The quantitative estimate of drug-likeness (QED) is 0.675. The van der Waals surface area contributed by atoms with Crippen molar-refractivity contribution in [2.45, 2.75) is 43.8 Å². The summed E-state index contributed by atoms with van der Waals surface area (Å²) in [5.74, 6) is -1.19. The number of aliphatic carboxylic acids is 1. The van der Waals surface area contributed by atoms with Crippen molar-refractivity contribution in [3.8, 4) is 0 Å². The molecular weight excluding hydrogens is 289 g/mol. The average molecular weight is 304 g/mol. The molecule has 0 heterocycles. The number of carboxylic acid groups (broad SMARTS) is 1. The molecule has 3 N–H and O–H groups in total. The molecule has 0 aromatic carbocycles. The Morgan fingerprint density at radius 3 is 2.21 bits per heavy atom. The Morgan fingerprint density at radius 1 is 1.26 bits per heavy atom. The molecule has 0 aromatic heterocycles. The summed E-state index contributed by atoms with van der Waals surface area (Å²) >= 11 is 0. The summed E-state index contributed by atoms with van der Waals surface area (Å²) in [7, 11) is -4.39. The Labute approximate surface area is 108 Å². The molecular formula is C9H15F3N2O4S. The van der Waals surface area contributed by atoms with Gasteiger partial charge in [0.15, 0.2) is 0 Å². The van der Waals surface area contributed by atoms with E-state index in [0.29, 0.717) is 25.7 Å². The van der Waals surface area contributed by atoms with Crippen molar-refractivity contribution in [2.75, 3.05) is 6.54 Å². The Bertz CT molecular complexity index is 429. The van der Waals surface area contributed by atoms with Crippen LogP contribution >= 0.6 is 0 Å². The van der Waals surface area contributed by atoms with E-state index in [2.05, 4.69) is 4.72 Å². The Hall–Kier alpha value is -0.870. The lowest BCUT2D eigenvalue weighted by molar-refractivity contribution is -0.138. The van der Waals surface area contributed by atoms with Crippen LogP contribution in [0.5, 0.6) is 0 Å². The molecule has 0 spiro atoms. The van der Waals surface area contributed by atoms with Gasteiger partial charge in [-0.3, -0.25) is 4.79 Å². The van der Waals surface area contributed by atoms with E-state index < -0.39 is 40.9 Å². The van der Waals surface area contributed by atoms with Gasteiger partial charge in [0.1, 0.15) is 6.54 Å². The third-order valence-electron chi connectivity index (χ3n) is 2.86. The smallest absolute Gasteiger partial charge is 0.402 e. The van der Waals surface area contributed by atoms with Crippen LogP contribution in [0.1, 0.15) is 32.1 Å². The van der Waals surface area contributed by atoms with Gasteiger partial charge in [-0.05, 0) is 12.8 Å². The molecule has 6 nitrogen and oxygen atoms in total. The summed E-state index contributed by atoms with van der Waals surface area (Å²) in [6, 6.07) is 0. The van der Waals surface area contributed by atoms with Crippen molar-refractivity contribution in [1.29, 1.82) is 0 Å². The monoisotopic (exact) mass is 304 g/mol. The highest BCUT2D eigenvalue weighted by atomic mass is 32.2. The number of hydrogen-bond acceptors (Lipinski definition) is 3. The first-order valence-electron chi connectivity index (χ1n) is 5.61. The van der Waals surface area contributed by atoms with Crippen LogP contribution in [0, 0.1) is 0 Å². The third-order valence-corrected chi connectivity index (χ3v) is 4.09. The van der Waals surface area contributed by atoms with E-state index in [1.165, 1.54) is 4.72 Å². The SMILES string of the molecule is O=C(O)CC1(NS(=O)(=O)NCC(F)(F)F)CCCC1. The van der Waals surface area contributed by atoms with Crippen LogP contribution < -0.4 is 9.44 Å². The first-order chi connectivity index (χ1) is 8.54. The molecule has 1 saturated carbocycles. The number of hydrogen-bond donors (Lipinski definition) is 3. The van der Waals surface area contributed by atoms with Crippen LogP contribution in [0.25, 0.3) is 0 Å². The molecule has 112 valence electrons. The third kappa shape index (κ3) is 5.74. The van der Waals surface area contributed by atoms with Crippen LogP contribution in [0.15, 0.2) is 0 Å². The first-order valence-corrected chi connectivity index (χ1v) is 7.09. The predicted octanol–water partition coefficient (Wildman–Crippen LogP) is 0.760. The maximum absolute atomic E-state index is 12.0. The molecule has 10 heteroatoms. The minimum atomic E-state index is -4.66. The highest BCUT2D eigenvalue weighted by Gasteiger charge is 2.40. The largest absolute Gasteiger partial charge is 0.481 e. The summed E-state index contributed by atoms with van der Waals surface area (Å²) in [5, 5.41) is 8.76. The fourth-order valence-electron chi connectivity index (χ4n) is 2.15. The van der Waals surface area contributed by atoms with Gasteiger partial charge in [-0.1, -0.05) is 12.8 Å². The van der Waals surface area contributed by atoms with Gasteiger partial charge >= 0.3 is 12.1 Å². The molecule has 0 aromatic rings. The number of alkyl halides is 3. The normalized spacial score (nSPS) is 19.5. The Balaban J connectivity index is 2.70. The van der Waals surface area contributed by atoms with Gasteiger partial charge < -0.3 is 5.11 Å². The van der Waals surface area contributed by atoms with Crippen molar-refractivity contribution in [1.82, 2.24) is 9.44 Å². The summed E-state index contributed by atoms with van der Waals surface area (Å²) in [4.78, 5) is 10.7. The van der Waals surface area contributed by atoms with E-state index in [1.807, 2.05) is 0 Å². The molecule has 0 bridgehead atoms. The van der Waals surface area contributed by atoms with E-state index in [4.69, 9.17) is 5.11 Å².